The summed E-state index contributed by atoms with van der Waals surface area (Å²) in [5, 5.41) is 29.9. The van der Waals surface area contributed by atoms with Gasteiger partial charge < -0.3 is 47.9 Å². The first-order valence-electron chi connectivity index (χ1n) is 25.7. The number of hydrogen-bond donors (Lipinski definition) is 3. The van der Waals surface area contributed by atoms with Gasteiger partial charge in [0.2, 0.25) is 0 Å². The smallest absolute Gasteiger partial charge is 0.296 e. The topological polar surface area (TPSA) is 335 Å². The molecule has 0 amide bonds. The van der Waals surface area contributed by atoms with E-state index >= 15 is 0 Å². The molecule has 4 aromatic carbocycles. The first kappa shape index (κ1) is 60.3. The van der Waals surface area contributed by atoms with Gasteiger partial charge in [-0.05, 0) is 75.3 Å². The van der Waals surface area contributed by atoms with Crippen LogP contribution in [0.3, 0.4) is 0 Å². The number of benzene rings is 4. The van der Waals surface area contributed by atoms with Gasteiger partial charge in [-0.3, -0.25) is 38.9 Å². The molecule has 1 saturated heterocycles. The number of anilines is 3. The number of nitro groups is 2. The van der Waals surface area contributed by atoms with Crippen LogP contribution < -0.4 is 10.2 Å². The van der Waals surface area contributed by atoms with E-state index in [0.717, 1.165) is 18.2 Å². The third-order valence-electron chi connectivity index (χ3n) is 13.0. The minimum absolute atomic E-state index is 0.0915. The van der Waals surface area contributed by atoms with Crippen molar-refractivity contribution in [1.82, 2.24) is 5.16 Å². The van der Waals surface area contributed by atoms with E-state index in [9.17, 15) is 55.8 Å². The molecule has 0 unspecified atom stereocenters. The number of nitro benzene ring substituents is 2. The largest absolute Gasteiger partial charge is 0.379 e. The van der Waals surface area contributed by atoms with Crippen molar-refractivity contribution in [3.63, 3.8) is 0 Å². The second-order valence-electron chi connectivity index (χ2n) is 18.4. The number of rotatable bonds is 36. The van der Waals surface area contributed by atoms with Crippen LogP contribution in [0.5, 0.6) is 0 Å². The van der Waals surface area contributed by atoms with Gasteiger partial charge in [-0.15, -0.1) is 0 Å². The third-order valence-corrected chi connectivity index (χ3v) is 14.8. The first-order valence-corrected chi connectivity index (χ1v) is 28.6. The number of aromatic nitrogens is 1. The normalized spacial score (nSPS) is 14.4. The molecule has 1 aromatic heterocycles. The van der Waals surface area contributed by atoms with E-state index in [1.165, 1.54) is 12.1 Å². The van der Waals surface area contributed by atoms with Crippen LogP contribution in [0.25, 0.3) is 22.2 Å². The molecule has 1 aliphatic carbocycles. The van der Waals surface area contributed by atoms with Crippen molar-refractivity contribution < 1.29 is 83.1 Å². The zero-order valence-corrected chi connectivity index (χ0v) is 44.9. The Hall–Kier alpha value is -6.37. The molecule has 0 saturated carbocycles. The number of Topliss-reactive ketones (excluding diaryl/α,β-unsaturated/α-hetero) is 1. The molecular weight excluding hydrogens is 1080 g/mol. The predicted octanol–water partition coefficient (Wildman–Crippen LogP) is 7.19. The van der Waals surface area contributed by atoms with Gasteiger partial charge in [0, 0.05) is 61.4 Å². The quantitative estimate of drug-likeness (QED) is 0.0152. The third kappa shape index (κ3) is 16.8. The molecule has 25 nitrogen and oxygen atoms in total. The summed E-state index contributed by atoms with van der Waals surface area (Å²) in [5.41, 5.74) is 1.50. The molecule has 1 atom stereocenters. The molecule has 0 bridgehead atoms. The number of aryl methyl sites for hydroxylation is 1. The number of ketones is 2. The van der Waals surface area contributed by atoms with Crippen molar-refractivity contribution in [1.29, 1.82) is 0 Å². The van der Waals surface area contributed by atoms with Gasteiger partial charge in [0.1, 0.15) is 16.2 Å². The number of carbonyl (C=O) groups is 2. The fraction of sp³-hybridized carbons (Fsp3) is 0.481. The number of nitrogens with zero attached hydrogens (tertiary/aromatic N) is 4. The van der Waals surface area contributed by atoms with Gasteiger partial charge in [-0.1, -0.05) is 29.4 Å². The van der Waals surface area contributed by atoms with Gasteiger partial charge >= 0.3 is 0 Å². The Balaban J connectivity index is 0.722. The highest BCUT2D eigenvalue weighted by molar-refractivity contribution is 7.86. The van der Waals surface area contributed by atoms with Gasteiger partial charge in [-0.2, -0.15) is 16.8 Å². The van der Waals surface area contributed by atoms with Crippen LogP contribution in [0.1, 0.15) is 66.4 Å². The lowest BCUT2D eigenvalue weighted by Crippen LogP contribution is -2.39. The molecular formula is C52H63N5O20S2. The van der Waals surface area contributed by atoms with E-state index in [1.54, 1.807) is 30.3 Å². The summed E-state index contributed by atoms with van der Waals surface area (Å²) < 4.78 is 113. The number of unbranched alkanes of at least 4 members (excludes halogenated alkanes) is 2. The number of ether oxygens (including phenoxy) is 7. The number of nitrogens with one attached hydrogen (secondary N) is 1. The Morgan fingerprint density at radius 3 is 1.85 bits per heavy atom. The molecule has 3 N–H and O–H groups in total. The molecule has 2 heterocycles. The van der Waals surface area contributed by atoms with Gasteiger partial charge in [0.15, 0.2) is 11.5 Å². The highest BCUT2D eigenvalue weighted by atomic mass is 32.2. The van der Waals surface area contributed by atoms with Crippen molar-refractivity contribution >= 4 is 71.1 Å². The molecule has 1 fully saturated rings. The van der Waals surface area contributed by atoms with Crippen LogP contribution in [-0.4, -0.2) is 158 Å². The molecule has 0 radical (unpaired) electrons. The van der Waals surface area contributed by atoms with Crippen molar-refractivity contribution in [2.45, 2.75) is 61.2 Å². The van der Waals surface area contributed by atoms with Crippen LogP contribution in [0.15, 0.2) is 81.0 Å². The lowest BCUT2D eigenvalue weighted by atomic mass is 9.85. The van der Waals surface area contributed by atoms with E-state index in [2.05, 4.69) is 10.5 Å². The van der Waals surface area contributed by atoms with Gasteiger partial charge in [-0.25, -0.2) is 0 Å². The van der Waals surface area contributed by atoms with Crippen molar-refractivity contribution in [2.75, 3.05) is 116 Å². The Labute approximate surface area is 455 Å². The van der Waals surface area contributed by atoms with E-state index in [0.29, 0.717) is 202 Å². The van der Waals surface area contributed by atoms with E-state index in [1.807, 2.05) is 4.90 Å². The summed E-state index contributed by atoms with van der Waals surface area (Å²) in [5.74, 6) is -0.338. The summed E-state index contributed by atoms with van der Waals surface area (Å²) in [6.07, 6.45) is 4.68. The fourth-order valence-electron chi connectivity index (χ4n) is 9.16. The lowest BCUT2D eigenvalue weighted by molar-refractivity contribution is -0.394. The molecule has 428 valence electrons. The maximum Gasteiger partial charge on any atom is 0.296 e. The monoisotopic (exact) mass is 1140 g/mol. The summed E-state index contributed by atoms with van der Waals surface area (Å²) in [6, 6.07) is 14.7. The summed E-state index contributed by atoms with van der Waals surface area (Å²) in [4.78, 5) is 49.0. The number of carbonyl (C=O) groups excluding carboxylic acids is 2. The van der Waals surface area contributed by atoms with Crippen LogP contribution in [-0.2, 0) is 64.6 Å². The van der Waals surface area contributed by atoms with E-state index in [-0.39, 0.29) is 40.0 Å². The molecule has 7 rings (SSSR count). The van der Waals surface area contributed by atoms with Crippen molar-refractivity contribution in [2.24, 2.45) is 5.92 Å². The SMILES string of the molecule is O=C1c2ccccc2-c2onc3c(N4CCC[C@@H](C(=O)CCCCOCCOCCOCCOCCOCCOCCOCCCCc5ccc([N+](=O)[O-])cc5[N+](=O)[O-])C4)cc(Nc4ccc(S(=O)(=O)O)cc4S(=O)(=O)O)c1c23. The summed E-state index contributed by atoms with van der Waals surface area (Å²) in [7, 11) is -9.92. The standard InChI is InChI=1S/C52H63N5O20S2/c58-46(12-4-6-19-71-21-23-73-25-27-75-29-31-76-30-28-74-26-24-72-22-20-70-18-5-3-8-36-13-14-38(56(60)61)32-44(36)57(62)63)37-9-7-17-55(35-37)45-34-43(53-42-16-15-39(78(64,65)66)33-47(42)79(67,68)69)48-49-50(45)54-77-52(49)41-11-2-1-10-40(41)51(48)59/h1-2,10-11,13-16,32-34,37,53H,3-9,12,17-31,35H2,(H,64,65,66)(H,67,68,69)/t37-/m1/s1. The zero-order valence-electron chi connectivity index (χ0n) is 43.2. The summed E-state index contributed by atoms with van der Waals surface area (Å²) in [6.45, 7) is 6.52. The van der Waals surface area contributed by atoms with Gasteiger partial charge in [0.25, 0.3) is 31.6 Å². The lowest BCUT2D eigenvalue weighted by Gasteiger charge is -2.34. The van der Waals surface area contributed by atoms with Crippen molar-refractivity contribution in [3.8, 4) is 11.3 Å². The number of fused-ring (bicyclic) bond motifs is 2. The predicted molar refractivity (Wildman–Crippen MR) is 284 cm³/mol. The van der Waals surface area contributed by atoms with Crippen LogP contribution in [0, 0.1) is 26.1 Å². The van der Waals surface area contributed by atoms with Crippen molar-refractivity contribution in [3.05, 3.63) is 104 Å². The Bertz CT molecular complexity index is 3150. The summed E-state index contributed by atoms with van der Waals surface area (Å²) >= 11 is 0. The van der Waals surface area contributed by atoms with Crippen LogP contribution in [0.2, 0.25) is 0 Å². The highest BCUT2D eigenvalue weighted by Crippen LogP contribution is 2.47. The molecule has 0 spiro atoms. The molecule has 27 heteroatoms. The van der Waals surface area contributed by atoms with Gasteiger partial charge in [0.05, 0.1) is 128 Å². The Morgan fingerprint density at radius 2 is 1.28 bits per heavy atom. The number of hydrogen-bond acceptors (Lipinski definition) is 21. The van der Waals surface area contributed by atoms with E-state index < -0.39 is 45.7 Å². The average molecular weight is 1140 g/mol. The number of non-ortho nitro benzene ring substituents is 1. The highest BCUT2D eigenvalue weighted by Gasteiger charge is 2.36. The molecule has 1 aliphatic heterocycles. The molecule has 79 heavy (non-hydrogen) atoms. The fourth-order valence-corrected chi connectivity index (χ4v) is 10.4. The second-order valence-corrected chi connectivity index (χ2v) is 21.3. The zero-order chi connectivity index (χ0) is 56.4. The Morgan fingerprint density at radius 1 is 0.696 bits per heavy atom. The number of piperidine rings is 1. The Kier molecular flexibility index (Phi) is 22.3. The maximum absolute atomic E-state index is 14.2. The minimum atomic E-state index is -5.07. The molecule has 5 aromatic rings. The van der Waals surface area contributed by atoms with Crippen LogP contribution >= 0.6 is 0 Å². The maximum atomic E-state index is 14.2. The van der Waals surface area contributed by atoms with Crippen LogP contribution in [0.4, 0.5) is 28.4 Å². The average Bonchev–Trinajstić information content (AvgIpc) is 4.14. The molecule has 2 aliphatic rings. The second kappa shape index (κ2) is 29.2. The minimum Gasteiger partial charge on any atom is -0.379 e. The first-order chi connectivity index (χ1) is 38.0. The van der Waals surface area contributed by atoms with E-state index in [4.69, 9.17) is 37.7 Å².